The van der Waals surface area contributed by atoms with Gasteiger partial charge in [-0.25, -0.2) is 14.6 Å². The first-order valence-electron chi connectivity index (χ1n) is 12.0. The number of hydrogen-bond acceptors (Lipinski definition) is 8. The summed E-state index contributed by atoms with van der Waals surface area (Å²) in [5, 5.41) is 18.3. The molecule has 0 aromatic carbocycles. The van der Waals surface area contributed by atoms with Crippen LogP contribution in [0.25, 0.3) is 0 Å². The fourth-order valence-corrected chi connectivity index (χ4v) is 4.33. The normalized spacial score (nSPS) is 20.3. The first kappa shape index (κ1) is 33.0. The second kappa shape index (κ2) is 13.5. The molecule has 0 amide bonds. The van der Waals surface area contributed by atoms with Gasteiger partial charge in [0.25, 0.3) is 0 Å². The Morgan fingerprint density at radius 1 is 1.00 bits per heavy atom. The van der Waals surface area contributed by atoms with Crippen LogP contribution < -0.4 is 0 Å². The summed E-state index contributed by atoms with van der Waals surface area (Å²) in [4.78, 5) is 27.3. The van der Waals surface area contributed by atoms with Gasteiger partial charge in [-0.3, -0.25) is 9.80 Å². The summed E-state index contributed by atoms with van der Waals surface area (Å²) in [5.74, 6) is -3.46. The zero-order chi connectivity index (χ0) is 30.3. The van der Waals surface area contributed by atoms with Crippen LogP contribution in [0, 0.1) is 13.8 Å². The van der Waals surface area contributed by atoms with E-state index in [-0.39, 0.29) is 5.60 Å². The minimum Gasteiger partial charge on any atom is -0.475 e. The van der Waals surface area contributed by atoms with Gasteiger partial charge in [-0.1, -0.05) is 5.16 Å². The lowest BCUT2D eigenvalue weighted by atomic mass is 9.90. The van der Waals surface area contributed by atoms with Gasteiger partial charge >= 0.3 is 24.3 Å². The van der Waals surface area contributed by atoms with Crippen molar-refractivity contribution in [2.24, 2.45) is 7.05 Å². The Morgan fingerprint density at radius 2 is 1.55 bits per heavy atom. The van der Waals surface area contributed by atoms with E-state index in [1.165, 1.54) is 12.0 Å². The van der Waals surface area contributed by atoms with Crippen molar-refractivity contribution >= 4 is 11.9 Å². The number of rotatable bonds is 4. The molecule has 4 rings (SSSR count). The largest absolute Gasteiger partial charge is 0.490 e. The molecule has 1 spiro atoms. The number of hydrogen-bond donors (Lipinski definition) is 2. The first-order valence-corrected chi connectivity index (χ1v) is 12.0. The van der Waals surface area contributed by atoms with E-state index >= 15 is 0 Å². The molecule has 2 aromatic rings. The molecular formula is C23H31F6N5O6. The molecule has 0 radical (unpaired) electrons. The second-order valence-corrected chi connectivity index (χ2v) is 9.42. The van der Waals surface area contributed by atoms with E-state index in [4.69, 9.17) is 29.1 Å². The third-order valence-electron chi connectivity index (χ3n) is 6.28. The van der Waals surface area contributed by atoms with Crippen LogP contribution in [0.2, 0.25) is 0 Å². The lowest BCUT2D eigenvalue weighted by Gasteiger charge is -2.48. The number of aryl methyl sites for hydroxylation is 3. The summed E-state index contributed by atoms with van der Waals surface area (Å²) in [6.45, 7) is 10.6. The van der Waals surface area contributed by atoms with Crippen LogP contribution in [0.1, 0.15) is 35.7 Å². The van der Waals surface area contributed by atoms with Crippen molar-refractivity contribution in [1.29, 1.82) is 0 Å². The smallest absolute Gasteiger partial charge is 0.475 e. The number of morpholine rings is 1. The number of imidazole rings is 1. The van der Waals surface area contributed by atoms with Crippen LogP contribution in [0.5, 0.6) is 0 Å². The summed E-state index contributed by atoms with van der Waals surface area (Å²) < 4.78 is 77.3. The molecule has 0 saturated carbocycles. The van der Waals surface area contributed by atoms with Gasteiger partial charge in [0, 0.05) is 51.2 Å². The number of alkyl halides is 6. The van der Waals surface area contributed by atoms with Crippen molar-refractivity contribution in [2.75, 3.05) is 32.8 Å². The zero-order valence-electron chi connectivity index (χ0n) is 22.0. The molecule has 226 valence electrons. The predicted molar refractivity (Wildman–Crippen MR) is 125 cm³/mol. The van der Waals surface area contributed by atoms with Gasteiger partial charge < -0.3 is 24.0 Å². The number of aromatic nitrogens is 3. The fraction of sp³-hybridized carbons (Fsp3) is 0.652. The molecule has 11 nitrogen and oxygen atoms in total. The molecule has 1 unspecified atom stereocenters. The Morgan fingerprint density at radius 3 is 2.00 bits per heavy atom. The molecule has 2 aliphatic heterocycles. The van der Waals surface area contributed by atoms with Crippen LogP contribution in [-0.2, 0) is 34.5 Å². The van der Waals surface area contributed by atoms with E-state index in [9.17, 15) is 26.3 Å². The van der Waals surface area contributed by atoms with Crippen LogP contribution in [0.4, 0.5) is 26.3 Å². The van der Waals surface area contributed by atoms with Crippen molar-refractivity contribution < 1.29 is 55.4 Å². The van der Waals surface area contributed by atoms with Crippen LogP contribution >= 0.6 is 0 Å². The predicted octanol–water partition coefficient (Wildman–Crippen LogP) is 3.16. The van der Waals surface area contributed by atoms with Gasteiger partial charge in [-0.2, -0.15) is 26.3 Å². The summed E-state index contributed by atoms with van der Waals surface area (Å²) in [5.41, 5.74) is 2.16. The van der Waals surface area contributed by atoms with Crippen molar-refractivity contribution in [3.8, 4) is 0 Å². The number of nitrogens with zero attached hydrogens (tertiary/aromatic N) is 5. The third kappa shape index (κ3) is 9.78. The number of likely N-dealkylation sites (tertiary alicyclic amines) is 1. The average Bonchev–Trinajstić information content (AvgIpc) is 3.38. The Bertz CT molecular complexity index is 1090. The maximum absolute atomic E-state index is 10.6. The van der Waals surface area contributed by atoms with Gasteiger partial charge in [0.1, 0.15) is 11.6 Å². The van der Waals surface area contributed by atoms with Crippen molar-refractivity contribution in [3.05, 3.63) is 35.2 Å². The number of halogens is 6. The average molecular weight is 588 g/mol. The molecule has 40 heavy (non-hydrogen) atoms. The SMILES string of the molecule is Cc1noc(C)c1CN1CCCC2(C1)CN(Cc1nccn1C)CCO2.O=C(O)C(F)(F)F.O=C(O)C(F)(F)F. The minimum atomic E-state index is -5.08. The van der Waals surface area contributed by atoms with E-state index in [1.807, 2.05) is 26.2 Å². The molecule has 17 heteroatoms. The highest BCUT2D eigenvalue weighted by molar-refractivity contribution is 5.73. The highest BCUT2D eigenvalue weighted by Crippen LogP contribution is 2.31. The molecule has 2 saturated heterocycles. The lowest BCUT2D eigenvalue weighted by Crippen LogP contribution is -2.59. The van der Waals surface area contributed by atoms with Crippen LogP contribution in [0.3, 0.4) is 0 Å². The Balaban J connectivity index is 0.000000333. The number of aliphatic carboxylic acids is 2. The molecule has 4 heterocycles. The molecule has 2 fully saturated rings. The Labute approximate surface area is 225 Å². The topological polar surface area (TPSA) is 134 Å². The molecule has 2 N–H and O–H groups in total. The number of carbonyl (C=O) groups is 2. The highest BCUT2D eigenvalue weighted by Gasteiger charge is 2.41. The molecule has 0 aliphatic carbocycles. The quantitative estimate of drug-likeness (QED) is 0.514. The first-order chi connectivity index (χ1) is 18.4. The standard InChI is InChI=1S/C19H29N5O2.2C2HF3O2/c1-15-17(16(2)26-21-15)11-23-7-4-5-19(13-23)14-24(9-10-25-19)12-18-20-6-8-22(18)3;2*3-2(4,5)1(6)7/h6,8H,4-5,7,9-14H2,1-3H3;2*(H,6,7). The Kier molecular flexibility index (Phi) is 11.1. The number of piperidine rings is 1. The fourth-order valence-electron chi connectivity index (χ4n) is 4.33. The third-order valence-corrected chi connectivity index (χ3v) is 6.28. The van der Waals surface area contributed by atoms with Crippen molar-refractivity contribution in [3.63, 3.8) is 0 Å². The Hall–Kier alpha value is -3.18. The maximum Gasteiger partial charge on any atom is 0.490 e. The molecule has 1 atom stereocenters. The van der Waals surface area contributed by atoms with Crippen molar-refractivity contribution in [1.82, 2.24) is 24.5 Å². The summed E-state index contributed by atoms with van der Waals surface area (Å²) in [7, 11) is 2.06. The minimum absolute atomic E-state index is 0.0688. The lowest BCUT2D eigenvalue weighted by molar-refractivity contribution is -0.193. The van der Waals surface area contributed by atoms with Crippen molar-refractivity contribution in [2.45, 2.75) is 57.7 Å². The number of carboxylic acids is 2. The van der Waals surface area contributed by atoms with E-state index in [2.05, 4.69) is 31.6 Å². The van der Waals surface area contributed by atoms with Gasteiger partial charge in [-0.05, 0) is 33.2 Å². The van der Waals surface area contributed by atoms with Crippen LogP contribution in [0.15, 0.2) is 16.9 Å². The van der Waals surface area contributed by atoms with E-state index in [1.54, 1.807) is 0 Å². The molecule has 2 aromatic heterocycles. The van der Waals surface area contributed by atoms with Gasteiger partial charge in [-0.15, -0.1) is 0 Å². The van der Waals surface area contributed by atoms with E-state index in [0.717, 1.165) is 69.6 Å². The zero-order valence-corrected chi connectivity index (χ0v) is 22.0. The molecule has 2 aliphatic rings. The highest BCUT2D eigenvalue weighted by atomic mass is 19.4. The molecular weight excluding hydrogens is 556 g/mol. The monoisotopic (exact) mass is 587 g/mol. The number of ether oxygens (including phenoxy) is 1. The maximum atomic E-state index is 10.6. The van der Waals surface area contributed by atoms with Crippen LogP contribution in [-0.4, -0.2) is 97.4 Å². The summed E-state index contributed by atoms with van der Waals surface area (Å²) in [6.07, 6.45) is -3.99. The summed E-state index contributed by atoms with van der Waals surface area (Å²) in [6, 6.07) is 0. The van der Waals surface area contributed by atoms with Gasteiger partial charge in [0.05, 0.1) is 24.4 Å². The van der Waals surface area contributed by atoms with E-state index < -0.39 is 24.3 Å². The second-order valence-electron chi connectivity index (χ2n) is 9.42. The summed E-state index contributed by atoms with van der Waals surface area (Å²) >= 11 is 0. The number of carboxylic acid groups (broad SMARTS) is 2. The van der Waals surface area contributed by atoms with Gasteiger partial charge in [0.15, 0.2) is 0 Å². The van der Waals surface area contributed by atoms with Gasteiger partial charge in [0.2, 0.25) is 0 Å². The molecule has 0 bridgehead atoms. The van der Waals surface area contributed by atoms with E-state index in [0.29, 0.717) is 0 Å².